The van der Waals surface area contributed by atoms with E-state index in [0.29, 0.717) is 13.2 Å². The van der Waals surface area contributed by atoms with Crippen LogP contribution >= 0.6 is 0 Å². The van der Waals surface area contributed by atoms with E-state index in [0.717, 1.165) is 6.54 Å². The Hall–Kier alpha value is -0.610. The molecule has 84 valence electrons. The minimum atomic E-state index is -0.748. The van der Waals surface area contributed by atoms with Gasteiger partial charge in [0.2, 0.25) is 0 Å². The van der Waals surface area contributed by atoms with Crippen molar-refractivity contribution in [1.82, 2.24) is 4.90 Å². The van der Waals surface area contributed by atoms with E-state index in [1.807, 2.05) is 25.8 Å². The highest BCUT2D eigenvalue weighted by Gasteiger charge is 2.13. The third-order valence-electron chi connectivity index (χ3n) is 1.93. The van der Waals surface area contributed by atoms with Crippen LogP contribution in [0.1, 0.15) is 20.8 Å². The zero-order chi connectivity index (χ0) is 11.1. The van der Waals surface area contributed by atoms with Gasteiger partial charge in [-0.1, -0.05) is 6.92 Å². The average molecular weight is 203 g/mol. The molecule has 4 heteroatoms. The third-order valence-corrected chi connectivity index (χ3v) is 1.93. The van der Waals surface area contributed by atoms with Gasteiger partial charge in [0.15, 0.2) is 0 Å². The second-order valence-electron chi connectivity index (χ2n) is 3.92. The molecule has 0 amide bonds. The first-order chi connectivity index (χ1) is 6.43. The molecule has 0 bridgehead atoms. The Morgan fingerprint density at radius 3 is 2.43 bits per heavy atom. The molecule has 0 rings (SSSR count). The minimum Gasteiger partial charge on any atom is -0.481 e. The molecule has 0 aliphatic rings. The molecule has 1 atom stereocenters. The summed E-state index contributed by atoms with van der Waals surface area (Å²) < 4.78 is 5.37. The van der Waals surface area contributed by atoms with E-state index < -0.39 is 5.97 Å². The molecule has 0 aliphatic heterocycles. The molecule has 0 radical (unpaired) electrons. The molecular formula is C10H21NO3. The van der Waals surface area contributed by atoms with Crippen LogP contribution in [-0.4, -0.2) is 48.8 Å². The Kier molecular flexibility index (Phi) is 6.49. The molecule has 0 spiro atoms. The predicted molar refractivity (Wildman–Crippen MR) is 55.4 cm³/mol. The van der Waals surface area contributed by atoms with Gasteiger partial charge in [0.05, 0.1) is 18.6 Å². The summed E-state index contributed by atoms with van der Waals surface area (Å²) in [6, 6.07) is 0. The van der Waals surface area contributed by atoms with Gasteiger partial charge >= 0.3 is 5.97 Å². The summed E-state index contributed by atoms with van der Waals surface area (Å²) in [6.07, 6.45) is 0.236. The van der Waals surface area contributed by atoms with E-state index in [1.54, 1.807) is 6.92 Å². The molecule has 0 aliphatic carbocycles. The summed E-state index contributed by atoms with van der Waals surface area (Å²) in [6.45, 7) is 7.68. The van der Waals surface area contributed by atoms with E-state index >= 15 is 0 Å². The van der Waals surface area contributed by atoms with Crippen LogP contribution in [0.4, 0.5) is 0 Å². The van der Waals surface area contributed by atoms with Crippen LogP contribution < -0.4 is 0 Å². The number of ether oxygens (including phenoxy) is 1. The number of carboxylic acid groups (broad SMARTS) is 1. The number of carbonyl (C=O) groups is 1. The lowest BCUT2D eigenvalue weighted by Gasteiger charge is -2.19. The maximum absolute atomic E-state index is 10.6. The monoisotopic (exact) mass is 203 g/mol. The molecule has 1 unspecified atom stereocenters. The van der Waals surface area contributed by atoms with E-state index in [9.17, 15) is 4.79 Å². The summed E-state index contributed by atoms with van der Waals surface area (Å²) in [5, 5.41) is 8.69. The first-order valence-corrected chi connectivity index (χ1v) is 4.96. The summed E-state index contributed by atoms with van der Waals surface area (Å²) in [4.78, 5) is 12.5. The number of nitrogens with zero attached hydrogens (tertiary/aromatic N) is 1. The van der Waals surface area contributed by atoms with Gasteiger partial charge in [-0.05, 0) is 20.9 Å². The fourth-order valence-corrected chi connectivity index (χ4v) is 1.08. The smallest absolute Gasteiger partial charge is 0.307 e. The van der Waals surface area contributed by atoms with Crippen LogP contribution in [0.3, 0.4) is 0 Å². The standard InChI is InChI=1S/C10H21NO3/c1-8(2)14-6-5-11(4)7-9(3)10(12)13/h8-9H,5-7H2,1-4H3,(H,12,13). The number of likely N-dealkylation sites (N-methyl/N-ethyl adjacent to an activating group) is 1. The molecule has 0 aromatic carbocycles. The first kappa shape index (κ1) is 13.4. The fraction of sp³-hybridized carbons (Fsp3) is 0.900. The molecular weight excluding hydrogens is 182 g/mol. The molecule has 0 aromatic rings. The van der Waals surface area contributed by atoms with Crippen molar-refractivity contribution in [1.29, 1.82) is 0 Å². The average Bonchev–Trinajstić information content (AvgIpc) is 2.02. The molecule has 0 saturated heterocycles. The normalized spacial score (nSPS) is 13.6. The zero-order valence-corrected chi connectivity index (χ0v) is 9.49. The zero-order valence-electron chi connectivity index (χ0n) is 9.49. The maximum Gasteiger partial charge on any atom is 0.307 e. The van der Waals surface area contributed by atoms with Gasteiger partial charge in [0.25, 0.3) is 0 Å². The highest BCUT2D eigenvalue weighted by atomic mass is 16.5. The Morgan fingerprint density at radius 2 is 2.00 bits per heavy atom. The number of aliphatic carboxylic acids is 1. The van der Waals surface area contributed by atoms with Crippen LogP contribution in [0, 0.1) is 5.92 Å². The number of hydrogen-bond donors (Lipinski definition) is 1. The van der Waals surface area contributed by atoms with Crippen molar-refractivity contribution in [3.8, 4) is 0 Å². The van der Waals surface area contributed by atoms with Gasteiger partial charge in [-0.2, -0.15) is 0 Å². The van der Waals surface area contributed by atoms with Crippen LogP contribution in [0.15, 0.2) is 0 Å². The second kappa shape index (κ2) is 6.79. The van der Waals surface area contributed by atoms with Gasteiger partial charge in [-0.3, -0.25) is 4.79 Å². The van der Waals surface area contributed by atoms with Crippen molar-refractivity contribution >= 4 is 5.97 Å². The predicted octanol–water partition coefficient (Wildman–Crippen LogP) is 1.06. The van der Waals surface area contributed by atoms with Gasteiger partial charge in [0.1, 0.15) is 0 Å². The van der Waals surface area contributed by atoms with Gasteiger partial charge < -0.3 is 14.7 Å². The largest absolute Gasteiger partial charge is 0.481 e. The van der Waals surface area contributed by atoms with Crippen molar-refractivity contribution in [2.24, 2.45) is 5.92 Å². The van der Waals surface area contributed by atoms with Crippen molar-refractivity contribution in [2.45, 2.75) is 26.9 Å². The van der Waals surface area contributed by atoms with Crippen molar-refractivity contribution in [3.05, 3.63) is 0 Å². The quantitative estimate of drug-likeness (QED) is 0.672. The molecule has 0 fully saturated rings. The van der Waals surface area contributed by atoms with Crippen LogP contribution in [0.25, 0.3) is 0 Å². The lowest BCUT2D eigenvalue weighted by molar-refractivity contribution is -0.141. The number of hydrogen-bond acceptors (Lipinski definition) is 3. The Morgan fingerprint density at radius 1 is 1.43 bits per heavy atom. The molecule has 14 heavy (non-hydrogen) atoms. The van der Waals surface area contributed by atoms with Crippen molar-refractivity contribution < 1.29 is 14.6 Å². The summed E-state index contributed by atoms with van der Waals surface area (Å²) in [5.41, 5.74) is 0. The molecule has 0 heterocycles. The minimum absolute atomic E-state index is 0.236. The highest BCUT2D eigenvalue weighted by Crippen LogP contribution is 1.98. The Labute approximate surface area is 85.9 Å². The summed E-state index contributed by atoms with van der Waals surface area (Å²) in [7, 11) is 1.91. The second-order valence-corrected chi connectivity index (χ2v) is 3.92. The lowest BCUT2D eigenvalue weighted by atomic mass is 10.2. The van der Waals surface area contributed by atoms with Gasteiger partial charge in [0, 0.05) is 13.1 Å². The maximum atomic E-state index is 10.6. The molecule has 0 saturated carbocycles. The number of carboxylic acids is 1. The van der Waals surface area contributed by atoms with Crippen LogP contribution in [0.5, 0.6) is 0 Å². The lowest BCUT2D eigenvalue weighted by Crippen LogP contribution is -2.31. The fourth-order valence-electron chi connectivity index (χ4n) is 1.08. The third kappa shape index (κ3) is 6.86. The Balaban J connectivity index is 3.55. The molecule has 1 N–H and O–H groups in total. The van der Waals surface area contributed by atoms with Gasteiger partial charge in [-0.25, -0.2) is 0 Å². The van der Waals surface area contributed by atoms with Crippen molar-refractivity contribution in [2.75, 3.05) is 26.7 Å². The summed E-state index contributed by atoms with van der Waals surface area (Å²) in [5.74, 6) is -1.07. The van der Waals surface area contributed by atoms with Crippen LogP contribution in [-0.2, 0) is 9.53 Å². The van der Waals surface area contributed by atoms with Crippen LogP contribution in [0.2, 0.25) is 0 Å². The molecule has 0 aromatic heterocycles. The summed E-state index contributed by atoms with van der Waals surface area (Å²) >= 11 is 0. The van der Waals surface area contributed by atoms with Crippen molar-refractivity contribution in [3.63, 3.8) is 0 Å². The topological polar surface area (TPSA) is 49.8 Å². The SMILES string of the molecule is CC(C)OCCN(C)CC(C)C(=O)O. The first-order valence-electron chi connectivity index (χ1n) is 4.96. The van der Waals surface area contributed by atoms with E-state index in [4.69, 9.17) is 9.84 Å². The number of rotatable bonds is 7. The van der Waals surface area contributed by atoms with Gasteiger partial charge in [-0.15, -0.1) is 0 Å². The van der Waals surface area contributed by atoms with E-state index in [1.165, 1.54) is 0 Å². The highest BCUT2D eigenvalue weighted by molar-refractivity contribution is 5.69. The van der Waals surface area contributed by atoms with E-state index in [-0.39, 0.29) is 12.0 Å². The van der Waals surface area contributed by atoms with E-state index in [2.05, 4.69) is 0 Å². The molecule has 4 nitrogen and oxygen atoms in total. The Bertz CT molecular complexity index is 171.